The van der Waals surface area contributed by atoms with E-state index in [4.69, 9.17) is 0 Å². The number of methoxy groups -OCH3 is 1. The van der Waals surface area contributed by atoms with Gasteiger partial charge in [0.15, 0.2) is 5.76 Å². The molecule has 0 unspecified atom stereocenters. The van der Waals surface area contributed by atoms with Crippen molar-refractivity contribution in [2.24, 2.45) is 0 Å². The van der Waals surface area contributed by atoms with Gasteiger partial charge in [-0.3, -0.25) is 14.4 Å². The fourth-order valence-electron chi connectivity index (χ4n) is 4.01. The molecule has 192 valence electrons. The van der Waals surface area contributed by atoms with E-state index in [1.807, 2.05) is 44.4 Å². The van der Waals surface area contributed by atoms with E-state index in [9.17, 15) is 19.5 Å². The number of carbonyl (C=O) groups is 2. The third kappa shape index (κ3) is 5.61. The summed E-state index contributed by atoms with van der Waals surface area (Å²) in [4.78, 5) is 52.4. The van der Waals surface area contributed by atoms with E-state index >= 15 is 0 Å². The van der Waals surface area contributed by atoms with Gasteiger partial charge in [0.1, 0.15) is 5.70 Å². The molecule has 2 aromatic heterocycles. The van der Waals surface area contributed by atoms with Gasteiger partial charge in [-0.1, -0.05) is 30.3 Å². The van der Waals surface area contributed by atoms with Gasteiger partial charge in [0.2, 0.25) is 5.95 Å². The highest BCUT2D eigenvalue weighted by Gasteiger charge is 2.31. The molecule has 11 heteroatoms. The van der Waals surface area contributed by atoms with Gasteiger partial charge in [-0.2, -0.15) is 0 Å². The Kier molecular flexibility index (Phi) is 7.52. The average molecular weight is 505 g/mol. The van der Waals surface area contributed by atoms with Gasteiger partial charge in [-0.15, -0.1) is 0 Å². The number of H-pyrrole nitrogens is 1. The van der Waals surface area contributed by atoms with E-state index in [2.05, 4.69) is 25.0 Å². The number of aliphatic hydroxyl groups is 1. The maximum absolute atomic E-state index is 13.2. The lowest BCUT2D eigenvalue weighted by Gasteiger charge is -2.32. The van der Waals surface area contributed by atoms with Crippen molar-refractivity contribution in [2.45, 2.75) is 19.5 Å². The van der Waals surface area contributed by atoms with Crippen molar-refractivity contribution in [3.8, 4) is 11.1 Å². The SMILES string of the molecule is COC(=O)CCNC(=O)C1=C(O)c2cc(-c3cnc(N(C)C)nc3)c(=O)[nH]c2CN1Cc1ccccc1. The highest BCUT2D eigenvalue weighted by atomic mass is 16.5. The number of ether oxygens (including phenoxy) is 1. The summed E-state index contributed by atoms with van der Waals surface area (Å²) in [7, 11) is 4.89. The number of pyridine rings is 1. The zero-order valence-electron chi connectivity index (χ0n) is 20.8. The van der Waals surface area contributed by atoms with Crippen LogP contribution in [0.5, 0.6) is 0 Å². The number of nitrogens with zero attached hydrogens (tertiary/aromatic N) is 4. The Morgan fingerprint density at radius 1 is 1.16 bits per heavy atom. The lowest BCUT2D eigenvalue weighted by Crippen LogP contribution is -2.39. The van der Waals surface area contributed by atoms with E-state index in [1.165, 1.54) is 19.5 Å². The summed E-state index contributed by atoms with van der Waals surface area (Å²) in [6.07, 6.45) is 3.06. The van der Waals surface area contributed by atoms with Crippen LogP contribution in [0, 0.1) is 0 Å². The lowest BCUT2D eigenvalue weighted by atomic mass is 9.99. The number of carbonyl (C=O) groups excluding carboxylic acids is 2. The van der Waals surface area contributed by atoms with Crippen LogP contribution in [0.4, 0.5) is 5.95 Å². The van der Waals surface area contributed by atoms with Crippen LogP contribution in [0.25, 0.3) is 16.9 Å². The number of fused-ring (bicyclic) bond motifs is 1. The molecule has 0 spiro atoms. The van der Waals surface area contributed by atoms with Crippen molar-refractivity contribution in [1.82, 2.24) is 25.2 Å². The van der Waals surface area contributed by atoms with Crippen LogP contribution in [0.2, 0.25) is 0 Å². The summed E-state index contributed by atoms with van der Waals surface area (Å²) < 4.78 is 4.62. The Bertz CT molecular complexity index is 1380. The largest absolute Gasteiger partial charge is 0.505 e. The van der Waals surface area contributed by atoms with Crippen molar-refractivity contribution in [1.29, 1.82) is 0 Å². The molecular weight excluding hydrogens is 476 g/mol. The van der Waals surface area contributed by atoms with Crippen molar-refractivity contribution < 1.29 is 19.4 Å². The maximum Gasteiger partial charge on any atom is 0.307 e. The number of rotatable bonds is 8. The molecule has 1 amide bonds. The van der Waals surface area contributed by atoms with Gasteiger partial charge in [-0.05, 0) is 11.6 Å². The number of aliphatic hydroxyl groups excluding tert-OH is 1. The molecule has 0 saturated heterocycles. The summed E-state index contributed by atoms with van der Waals surface area (Å²) >= 11 is 0. The van der Waals surface area contributed by atoms with Crippen molar-refractivity contribution >= 4 is 23.6 Å². The second-order valence-corrected chi connectivity index (χ2v) is 8.69. The third-order valence-corrected chi connectivity index (χ3v) is 5.89. The van der Waals surface area contributed by atoms with E-state index in [1.54, 1.807) is 15.9 Å². The Balaban J connectivity index is 1.73. The summed E-state index contributed by atoms with van der Waals surface area (Å²) in [6, 6.07) is 11.0. The molecule has 1 aliphatic rings. The first kappa shape index (κ1) is 25.4. The summed E-state index contributed by atoms with van der Waals surface area (Å²) in [5.41, 5.74) is 2.12. The molecule has 1 aliphatic heterocycles. The molecule has 37 heavy (non-hydrogen) atoms. The number of hydrogen-bond acceptors (Lipinski definition) is 9. The summed E-state index contributed by atoms with van der Waals surface area (Å²) in [6.45, 7) is 0.536. The molecule has 0 radical (unpaired) electrons. The van der Waals surface area contributed by atoms with Crippen molar-refractivity contribution in [2.75, 3.05) is 32.6 Å². The topological polar surface area (TPSA) is 141 Å². The number of aromatic amines is 1. The summed E-state index contributed by atoms with van der Waals surface area (Å²) in [5.74, 6) is -0.799. The molecule has 1 aromatic carbocycles. The molecule has 11 nitrogen and oxygen atoms in total. The quantitative estimate of drug-likeness (QED) is 0.392. The van der Waals surface area contributed by atoms with E-state index in [0.29, 0.717) is 29.3 Å². The smallest absolute Gasteiger partial charge is 0.307 e. The molecule has 0 saturated carbocycles. The van der Waals surface area contributed by atoms with Gasteiger partial charge in [0.05, 0.1) is 25.6 Å². The first-order chi connectivity index (χ1) is 17.8. The van der Waals surface area contributed by atoms with Crippen molar-refractivity contribution in [3.63, 3.8) is 0 Å². The van der Waals surface area contributed by atoms with Gasteiger partial charge in [0, 0.05) is 56.4 Å². The first-order valence-electron chi connectivity index (χ1n) is 11.6. The minimum Gasteiger partial charge on any atom is -0.505 e. The van der Waals surface area contributed by atoms with Crippen LogP contribution in [0.15, 0.2) is 59.3 Å². The molecule has 0 aliphatic carbocycles. The molecular formula is C26H28N6O5. The van der Waals surface area contributed by atoms with Crippen LogP contribution in [-0.2, 0) is 27.4 Å². The second kappa shape index (κ2) is 10.9. The number of benzene rings is 1. The predicted octanol–water partition coefficient (Wildman–Crippen LogP) is 1.82. The van der Waals surface area contributed by atoms with Gasteiger partial charge < -0.3 is 29.9 Å². The highest BCUT2D eigenvalue weighted by Crippen LogP contribution is 2.32. The number of esters is 1. The monoisotopic (exact) mass is 504 g/mol. The number of anilines is 1. The third-order valence-electron chi connectivity index (χ3n) is 5.89. The molecule has 3 heterocycles. The Labute approximate surface area is 213 Å². The van der Waals surface area contributed by atoms with Gasteiger partial charge in [-0.25, -0.2) is 9.97 Å². The van der Waals surface area contributed by atoms with E-state index in [-0.39, 0.29) is 42.1 Å². The molecule has 0 bridgehead atoms. The number of aromatic nitrogens is 3. The molecule has 3 aromatic rings. The standard InChI is InChI=1S/C26H28N6O5/c1-31(2)26-28-12-17(13-29-26)18-11-19-20(30-24(18)35)15-32(14-16-7-5-4-6-8-16)22(23(19)34)25(36)27-10-9-21(33)37-3/h4-8,11-13,34H,9-10,14-15H2,1-3H3,(H,27,36)(H,30,35). The summed E-state index contributed by atoms with van der Waals surface area (Å²) in [5, 5.41) is 14.0. The van der Waals surface area contributed by atoms with E-state index < -0.39 is 11.9 Å². The van der Waals surface area contributed by atoms with E-state index in [0.717, 1.165) is 5.56 Å². The molecule has 0 atom stereocenters. The zero-order chi connectivity index (χ0) is 26.5. The number of amides is 1. The minimum absolute atomic E-state index is 0.00797. The van der Waals surface area contributed by atoms with Gasteiger partial charge in [0.25, 0.3) is 11.5 Å². The fraction of sp³-hybridized carbons (Fsp3) is 0.269. The lowest BCUT2D eigenvalue weighted by molar-refractivity contribution is -0.140. The first-order valence-corrected chi connectivity index (χ1v) is 11.6. The van der Waals surface area contributed by atoms with Crippen LogP contribution in [0.3, 0.4) is 0 Å². The molecule has 3 N–H and O–H groups in total. The zero-order valence-corrected chi connectivity index (χ0v) is 20.8. The number of nitrogens with one attached hydrogen (secondary N) is 2. The molecule has 0 fully saturated rings. The Hall–Kier alpha value is -4.67. The van der Waals surface area contributed by atoms with Crippen molar-refractivity contribution in [3.05, 3.63) is 81.7 Å². The maximum atomic E-state index is 13.2. The van der Waals surface area contributed by atoms with Crippen LogP contribution < -0.4 is 15.8 Å². The molecule has 4 rings (SSSR count). The second-order valence-electron chi connectivity index (χ2n) is 8.69. The highest BCUT2D eigenvalue weighted by molar-refractivity contribution is 6.00. The average Bonchev–Trinajstić information content (AvgIpc) is 2.89. The Morgan fingerprint density at radius 2 is 1.86 bits per heavy atom. The van der Waals surface area contributed by atoms with Crippen LogP contribution in [0.1, 0.15) is 23.2 Å². The van der Waals surface area contributed by atoms with Crippen LogP contribution >= 0.6 is 0 Å². The Morgan fingerprint density at radius 3 is 2.51 bits per heavy atom. The minimum atomic E-state index is -0.547. The fourth-order valence-corrected chi connectivity index (χ4v) is 4.01. The van der Waals surface area contributed by atoms with Crippen LogP contribution in [-0.4, -0.2) is 64.6 Å². The predicted molar refractivity (Wildman–Crippen MR) is 137 cm³/mol. The van der Waals surface area contributed by atoms with Gasteiger partial charge >= 0.3 is 5.97 Å². The number of hydrogen-bond donors (Lipinski definition) is 3. The normalized spacial score (nSPS) is 12.7.